The highest BCUT2D eigenvalue weighted by atomic mass is 127. The standard InChI is InChI=1S/C15H26N4.HI/c1-6-16-15(18-12(2)3)17-11-13-8-7-9-14(10-13)19(4)5;/h7-10,12H,6,11H2,1-5H3,(H2,16,17,18);1H. The number of anilines is 1. The number of nitrogens with one attached hydrogen (secondary N) is 2. The first-order chi connectivity index (χ1) is 9.02. The molecule has 114 valence electrons. The van der Waals surface area contributed by atoms with Gasteiger partial charge >= 0.3 is 0 Å². The smallest absolute Gasteiger partial charge is 0.191 e. The van der Waals surface area contributed by atoms with Gasteiger partial charge in [0.05, 0.1) is 6.54 Å². The van der Waals surface area contributed by atoms with Crippen molar-refractivity contribution in [1.82, 2.24) is 10.6 Å². The molecule has 0 aliphatic heterocycles. The molecule has 0 unspecified atom stereocenters. The maximum absolute atomic E-state index is 4.60. The zero-order chi connectivity index (χ0) is 14.3. The molecule has 0 spiro atoms. The maximum Gasteiger partial charge on any atom is 0.191 e. The predicted molar refractivity (Wildman–Crippen MR) is 99.3 cm³/mol. The summed E-state index contributed by atoms with van der Waals surface area (Å²) in [4.78, 5) is 6.70. The highest BCUT2D eigenvalue weighted by molar-refractivity contribution is 14.0. The van der Waals surface area contributed by atoms with Crippen LogP contribution in [0.15, 0.2) is 29.3 Å². The second kappa shape index (κ2) is 9.85. The monoisotopic (exact) mass is 390 g/mol. The molecule has 20 heavy (non-hydrogen) atoms. The van der Waals surface area contributed by atoms with Gasteiger partial charge in [0.2, 0.25) is 0 Å². The Balaban J connectivity index is 0.00000361. The van der Waals surface area contributed by atoms with Crippen molar-refractivity contribution in [2.75, 3.05) is 25.5 Å². The van der Waals surface area contributed by atoms with Crippen LogP contribution < -0.4 is 15.5 Å². The van der Waals surface area contributed by atoms with E-state index in [2.05, 4.69) is 65.6 Å². The third-order valence-electron chi connectivity index (χ3n) is 2.62. The summed E-state index contributed by atoms with van der Waals surface area (Å²) in [7, 11) is 4.10. The van der Waals surface area contributed by atoms with Crippen LogP contribution in [0.25, 0.3) is 0 Å². The van der Waals surface area contributed by atoms with Crippen molar-refractivity contribution in [2.24, 2.45) is 4.99 Å². The van der Waals surface area contributed by atoms with Crippen LogP contribution in [0.3, 0.4) is 0 Å². The second-order valence-electron chi connectivity index (χ2n) is 5.06. The lowest BCUT2D eigenvalue weighted by Gasteiger charge is -2.15. The number of aliphatic imine (C=N–C) groups is 1. The minimum absolute atomic E-state index is 0. The number of benzene rings is 1. The number of rotatable bonds is 5. The summed E-state index contributed by atoms with van der Waals surface area (Å²) < 4.78 is 0. The van der Waals surface area contributed by atoms with Crippen LogP contribution in [0.1, 0.15) is 26.3 Å². The van der Waals surface area contributed by atoms with E-state index in [9.17, 15) is 0 Å². The van der Waals surface area contributed by atoms with E-state index >= 15 is 0 Å². The van der Waals surface area contributed by atoms with E-state index in [0.29, 0.717) is 12.6 Å². The highest BCUT2D eigenvalue weighted by Gasteiger charge is 2.01. The quantitative estimate of drug-likeness (QED) is 0.462. The molecule has 1 aromatic rings. The molecule has 2 N–H and O–H groups in total. The minimum atomic E-state index is 0. The first kappa shape index (κ1) is 19.0. The molecule has 0 saturated heterocycles. The lowest BCUT2D eigenvalue weighted by Crippen LogP contribution is -2.40. The van der Waals surface area contributed by atoms with E-state index in [1.54, 1.807) is 0 Å². The summed E-state index contributed by atoms with van der Waals surface area (Å²) >= 11 is 0. The van der Waals surface area contributed by atoms with E-state index in [1.807, 2.05) is 14.1 Å². The summed E-state index contributed by atoms with van der Waals surface area (Å²) in [6.45, 7) is 7.85. The van der Waals surface area contributed by atoms with Gasteiger partial charge in [-0.1, -0.05) is 12.1 Å². The number of hydrogen-bond donors (Lipinski definition) is 2. The second-order valence-corrected chi connectivity index (χ2v) is 5.06. The van der Waals surface area contributed by atoms with Crippen molar-refractivity contribution in [3.63, 3.8) is 0 Å². The average Bonchev–Trinajstić information content (AvgIpc) is 2.36. The molecule has 4 nitrogen and oxygen atoms in total. The third-order valence-corrected chi connectivity index (χ3v) is 2.62. The fourth-order valence-electron chi connectivity index (χ4n) is 1.70. The van der Waals surface area contributed by atoms with Gasteiger partial charge in [0, 0.05) is 32.4 Å². The van der Waals surface area contributed by atoms with Crippen LogP contribution in [0.4, 0.5) is 5.69 Å². The van der Waals surface area contributed by atoms with Gasteiger partial charge in [0.25, 0.3) is 0 Å². The van der Waals surface area contributed by atoms with Gasteiger partial charge in [0.1, 0.15) is 0 Å². The van der Waals surface area contributed by atoms with Gasteiger partial charge in [-0.25, -0.2) is 4.99 Å². The van der Waals surface area contributed by atoms with E-state index in [0.717, 1.165) is 12.5 Å². The van der Waals surface area contributed by atoms with Crippen LogP contribution in [0, 0.1) is 0 Å². The van der Waals surface area contributed by atoms with Gasteiger partial charge in [-0.3, -0.25) is 0 Å². The van der Waals surface area contributed by atoms with Gasteiger partial charge in [-0.15, -0.1) is 24.0 Å². The molecule has 0 heterocycles. The Labute approximate surface area is 140 Å². The molecule has 0 atom stereocenters. The lowest BCUT2D eigenvalue weighted by molar-refractivity contribution is 0.700. The van der Waals surface area contributed by atoms with Crippen LogP contribution in [0.5, 0.6) is 0 Å². The van der Waals surface area contributed by atoms with Crippen LogP contribution >= 0.6 is 24.0 Å². The fourth-order valence-corrected chi connectivity index (χ4v) is 1.70. The van der Waals surface area contributed by atoms with Gasteiger partial charge in [-0.05, 0) is 38.5 Å². The Kier molecular flexibility index (Phi) is 9.37. The predicted octanol–water partition coefficient (Wildman–Crippen LogP) is 2.83. The molecule has 5 heteroatoms. The number of halogens is 1. The van der Waals surface area contributed by atoms with Gasteiger partial charge in [0.15, 0.2) is 5.96 Å². The van der Waals surface area contributed by atoms with Crippen molar-refractivity contribution >= 4 is 35.6 Å². The van der Waals surface area contributed by atoms with Crippen molar-refractivity contribution in [1.29, 1.82) is 0 Å². The molecule has 0 aromatic heterocycles. The summed E-state index contributed by atoms with van der Waals surface area (Å²) in [6.07, 6.45) is 0. The summed E-state index contributed by atoms with van der Waals surface area (Å²) in [5.41, 5.74) is 2.42. The maximum atomic E-state index is 4.60. The molecule has 1 aromatic carbocycles. The van der Waals surface area contributed by atoms with Crippen molar-refractivity contribution in [3.05, 3.63) is 29.8 Å². The first-order valence-electron chi connectivity index (χ1n) is 6.84. The highest BCUT2D eigenvalue weighted by Crippen LogP contribution is 2.13. The Morgan fingerprint density at radius 1 is 1.30 bits per heavy atom. The van der Waals surface area contributed by atoms with Gasteiger partial charge in [-0.2, -0.15) is 0 Å². The molecule has 0 amide bonds. The average molecular weight is 390 g/mol. The first-order valence-corrected chi connectivity index (χ1v) is 6.84. The summed E-state index contributed by atoms with van der Waals surface area (Å²) in [6, 6.07) is 8.83. The molecular weight excluding hydrogens is 363 g/mol. The largest absolute Gasteiger partial charge is 0.378 e. The molecule has 0 saturated carbocycles. The Morgan fingerprint density at radius 2 is 2.00 bits per heavy atom. The molecule has 1 rings (SSSR count). The lowest BCUT2D eigenvalue weighted by atomic mass is 10.2. The fraction of sp³-hybridized carbons (Fsp3) is 0.533. The SMILES string of the molecule is CCNC(=NCc1cccc(N(C)C)c1)NC(C)C.I. The Morgan fingerprint density at radius 3 is 2.55 bits per heavy atom. The zero-order valence-corrected chi connectivity index (χ0v) is 15.4. The van der Waals surface area contributed by atoms with E-state index in [1.165, 1.54) is 11.3 Å². The van der Waals surface area contributed by atoms with Gasteiger partial charge < -0.3 is 15.5 Å². The van der Waals surface area contributed by atoms with Crippen molar-refractivity contribution in [3.8, 4) is 0 Å². The minimum Gasteiger partial charge on any atom is -0.378 e. The molecule has 0 fully saturated rings. The summed E-state index contributed by atoms with van der Waals surface area (Å²) in [5.74, 6) is 0.868. The Bertz CT molecular complexity index is 416. The Hall–Kier alpha value is -0.980. The van der Waals surface area contributed by atoms with Crippen molar-refractivity contribution < 1.29 is 0 Å². The topological polar surface area (TPSA) is 39.7 Å². The molecular formula is C15H27IN4. The van der Waals surface area contributed by atoms with Crippen LogP contribution in [0.2, 0.25) is 0 Å². The van der Waals surface area contributed by atoms with Crippen molar-refractivity contribution in [2.45, 2.75) is 33.4 Å². The summed E-state index contributed by atoms with van der Waals surface area (Å²) in [5, 5.41) is 6.57. The van der Waals surface area contributed by atoms with Crippen LogP contribution in [-0.2, 0) is 6.54 Å². The molecule has 0 aliphatic rings. The number of nitrogens with zero attached hydrogens (tertiary/aromatic N) is 2. The zero-order valence-electron chi connectivity index (χ0n) is 13.1. The van der Waals surface area contributed by atoms with E-state index in [4.69, 9.17) is 0 Å². The van der Waals surface area contributed by atoms with Crippen LogP contribution in [-0.4, -0.2) is 32.6 Å². The number of guanidine groups is 1. The molecule has 0 radical (unpaired) electrons. The third kappa shape index (κ3) is 6.98. The molecule has 0 aliphatic carbocycles. The molecule has 0 bridgehead atoms. The number of hydrogen-bond acceptors (Lipinski definition) is 2. The van der Waals surface area contributed by atoms with E-state index in [-0.39, 0.29) is 24.0 Å². The van der Waals surface area contributed by atoms with E-state index < -0.39 is 0 Å². The normalized spacial score (nSPS) is 11.0.